The van der Waals surface area contributed by atoms with Crippen LogP contribution in [-0.2, 0) is 9.47 Å². The van der Waals surface area contributed by atoms with Gasteiger partial charge in [0.05, 0.1) is 19.4 Å². The van der Waals surface area contributed by atoms with E-state index in [1.54, 1.807) is 0 Å². The molecule has 5 heteroatoms. The molecule has 0 spiro atoms. The van der Waals surface area contributed by atoms with Crippen LogP contribution >= 0.6 is 0 Å². The van der Waals surface area contributed by atoms with Gasteiger partial charge in [0.1, 0.15) is 11.9 Å². The lowest BCUT2D eigenvalue weighted by Crippen LogP contribution is -2.36. The molecular weight excluding hydrogens is 326 g/mol. The number of nitrogens with zero attached hydrogens (tertiary/aromatic N) is 2. The highest BCUT2D eigenvalue weighted by Gasteiger charge is 2.29. The van der Waals surface area contributed by atoms with Crippen LogP contribution in [0, 0.1) is 11.8 Å². The van der Waals surface area contributed by atoms with Crippen LogP contribution in [0.25, 0.3) is 0 Å². The van der Waals surface area contributed by atoms with Gasteiger partial charge in [-0.15, -0.1) is 0 Å². The number of nitrogens with one attached hydrogen (secondary N) is 1. The van der Waals surface area contributed by atoms with Gasteiger partial charge in [-0.1, -0.05) is 19.1 Å². The summed E-state index contributed by atoms with van der Waals surface area (Å²) in [5.41, 5.74) is 2.54. The second kappa shape index (κ2) is 8.23. The van der Waals surface area contributed by atoms with Gasteiger partial charge in [-0.2, -0.15) is 0 Å². The molecule has 3 aliphatic rings. The lowest BCUT2D eigenvalue weighted by Gasteiger charge is -2.30. The zero-order valence-electron chi connectivity index (χ0n) is 15.6. The molecule has 0 aromatic heterocycles. The summed E-state index contributed by atoms with van der Waals surface area (Å²) >= 11 is 0. The molecule has 1 N–H and O–H groups in total. The van der Waals surface area contributed by atoms with Gasteiger partial charge in [0.2, 0.25) is 0 Å². The molecule has 4 rings (SSSR count). The van der Waals surface area contributed by atoms with Gasteiger partial charge in [-0.05, 0) is 36.6 Å². The molecule has 0 saturated carbocycles. The molecular formula is C21H29N3O2. The first-order chi connectivity index (χ1) is 12.8. The van der Waals surface area contributed by atoms with Crippen molar-refractivity contribution < 1.29 is 9.47 Å². The Morgan fingerprint density at radius 3 is 2.73 bits per heavy atom. The van der Waals surface area contributed by atoms with Crippen LogP contribution in [0.15, 0.2) is 41.2 Å². The van der Waals surface area contributed by atoms with Crippen molar-refractivity contribution >= 4 is 11.9 Å². The van der Waals surface area contributed by atoms with E-state index in [2.05, 4.69) is 46.4 Å². The monoisotopic (exact) mass is 355 g/mol. The summed E-state index contributed by atoms with van der Waals surface area (Å²) < 4.78 is 11.9. The minimum atomic E-state index is 0.0930. The SMILES string of the molecule is CC1C=NC=C(OC(c2ccc(N3CCOCC3)cc2)[C@H]2CCNC2)C1. The average Bonchev–Trinajstić information content (AvgIpc) is 3.22. The molecule has 26 heavy (non-hydrogen) atoms. The van der Waals surface area contributed by atoms with E-state index in [9.17, 15) is 0 Å². The molecule has 0 radical (unpaired) electrons. The fourth-order valence-electron chi connectivity index (χ4n) is 4.01. The molecule has 2 fully saturated rings. The fourth-order valence-corrected chi connectivity index (χ4v) is 4.01. The highest BCUT2D eigenvalue weighted by atomic mass is 16.5. The molecule has 0 bridgehead atoms. The Bertz CT molecular complexity index is 644. The van der Waals surface area contributed by atoms with Crippen molar-refractivity contribution in [1.29, 1.82) is 0 Å². The Hall–Kier alpha value is -1.85. The van der Waals surface area contributed by atoms with E-state index in [4.69, 9.17) is 9.47 Å². The van der Waals surface area contributed by atoms with E-state index in [-0.39, 0.29) is 6.10 Å². The third-order valence-electron chi connectivity index (χ3n) is 5.49. The number of anilines is 1. The molecule has 5 nitrogen and oxygen atoms in total. The lowest BCUT2D eigenvalue weighted by atomic mass is 9.94. The first-order valence-electron chi connectivity index (χ1n) is 9.82. The molecule has 1 aromatic carbocycles. The van der Waals surface area contributed by atoms with Crippen LogP contribution in [0.2, 0.25) is 0 Å². The van der Waals surface area contributed by atoms with Crippen LogP contribution in [-0.4, -0.2) is 45.6 Å². The van der Waals surface area contributed by atoms with Crippen LogP contribution < -0.4 is 10.2 Å². The van der Waals surface area contributed by atoms with Crippen molar-refractivity contribution in [2.45, 2.75) is 25.9 Å². The number of benzene rings is 1. The van der Waals surface area contributed by atoms with Gasteiger partial charge >= 0.3 is 0 Å². The molecule has 0 amide bonds. The van der Waals surface area contributed by atoms with E-state index in [1.807, 2.05) is 12.4 Å². The van der Waals surface area contributed by atoms with Crippen LogP contribution in [0.5, 0.6) is 0 Å². The maximum Gasteiger partial charge on any atom is 0.127 e. The zero-order valence-corrected chi connectivity index (χ0v) is 15.6. The standard InChI is InChI=1S/C21H29N3O2/c1-16-12-20(15-23-13-16)26-21(18-6-7-22-14-18)17-2-4-19(5-3-17)24-8-10-25-11-9-24/h2-5,13,15-16,18,21-22H,6-12,14H2,1H3/t16?,18-,21?/m0/s1. The predicted molar refractivity (Wildman–Crippen MR) is 105 cm³/mol. The minimum absolute atomic E-state index is 0.0930. The molecule has 1 aromatic rings. The van der Waals surface area contributed by atoms with Crippen molar-refractivity contribution in [3.63, 3.8) is 0 Å². The quantitative estimate of drug-likeness (QED) is 0.881. The van der Waals surface area contributed by atoms with E-state index < -0.39 is 0 Å². The first-order valence-corrected chi connectivity index (χ1v) is 9.82. The summed E-state index contributed by atoms with van der Waals surface area (Å²) in [5.74, 6) is 1.96. The van der Waals surface area contributed by atoms with Gasteiger partial charge in [0, 0.05) is 43.9 Å². The topological polar surface area (TPSA) is 46.1 Å². The maximum atomic E-state index is 6.49. The first kappa shape index (κ1) is 17.6. The summed E-state index contributed by atoms with van der Waals surface area (Å²) in [6.07, 6.45) is 6.07. The number of morpholine rings is 1. The lowest BCUT2D eigenvalue weighted by molar-refractivity contribution is 0.0621. The Morgan fingerprint density at radius 2 is 2.04 bits per heavy atom. The largest absolute Gasteiger partial charge is 0.488 e. The van der Waals surface area contributed by atoms with Gasteiger partial charge in [-0.25, -0.2) is 0 Å². The van der Waals surface area contributed by atoms with Crippen LogP contribution in [0.1, 0.15) is 31.4 Å². The second-order valence-electron chi connectivity index (χ2n) is 7.56. The number of allylic oxidation sites excluding steroid dienone is 1. The number of rotatable bonds is 5. The Balaban J connectivity index is 1.51. The molecule has 2 saturated heterocycles. The fraction of sp³-hybridized carbons (Fsp3) is 0.571. The van der Waals surface area contributed by atoms with E-state index in [0.717, 1.165) is 58.0 Å². The minimum Gasteiger partial charge on any atom is -0.488 e. The summed E-state index contributed by atoms with van der Waals surface area (Å²) in [7, 11) is 0. The van der Waals surface area contributed by atoms with E-state index in [0.29, 0.717) is 11.8 Å². The molecule has 3 atom stereocenters. The smallest absolute Gasteiger partial charge is 0.127 e. The van der Waals surface area contributed by atoms with Crippen molar-refractivity contribution in [2.24, 2.45) is 16.8 Å². The summed E-state index contributed by atoms with van der Waals surface area (Å²) in [4.78, 5) is 6.73. The Morgan fingerprint density at radius 1 is 1.23 bits per heavy atom. The van der Waals surface area contributed by atoms with Crippen LogP contribution in [0.3, 0.4) is 0 Å². The van der Waals surface area contributed by atoms with E-state index in [1.165, 1.54) is 11.3 Å². The molecule has 140 valence electrons. The summed E-state index contributed by atoms with van der Waals surface area (Å²) in [6, 6.07) is 8.94. The van der Waals surface area contributed by atoms with Gasteiger partial charge in [0.25, 0.3) is 0 Å². The predicted octanol–water partition coefficient (Wildman–Crippen LogP) is 3.14. The normalized spacial score (nSPS) is 27.3. The van der Waals surface area contributed by atoms with Gasteiger partial charge < -0.3 is 19.7 Å². The summed E-state index contributed by atoms with van der Waals surface area (Å²) in [6.45, 7) is 7.83. The second-order valence-corrected chi connectivity index (χ2v) is 7.56. The highest BCUT2D eigenvalue weighted by Crippen LogP contribution is 2.35. The number of aliphatic imine (C=N–C) groups is 1. The molecule has 0 aliphatic carbocycles. The molecule has 2 unspecified atom stereocenters. The number of hydrogen-bond donors (Lipinski definition) is 1. The van der Waals surface area contributed by atoms with Crippen molar-refractivity contribution in [2.75, 3.05) is 44.3 Å². The number of ether oxygens (including phenoxy) is 2. The molecule has 3 heterocycles. The van der Waals surface area contributed by atoms with Crippen molar-refractivity contribution in [3.05, 3.63) is 41.8 Å². The number of hydrogen-bond acceptors (Lipinski definition) is 5. The maximum absolute atomic E-state index is 6.49. The third kappa shape index (κ3) is 4.10. The highest BCUT2D eigenvalue weighted by molar-refractivity contribution is 5.62. The average molecular weight is 355 g/mol. The molecule has 3 aliphatic heterocycles. The van der Waals surface area contributed by atoms with Gasteiger partial charge in [-0.3, -0.25) is 4.99 Å². The van der Waals surface area contributed by atoms with Crippen molar-refractivity contribution in [1.82, 2.24) is 5.32 Å². The Kier molecular flexibility index (Phi) is 5.56. The van der Waals surface area contributed by atoms with Gasteiger partial charge in [0.15, 0.2) is 0 Å². The summed E-state index contributed by atoms with van der Waals surface area (Å²) in [5, 5.41) is 3.48. The van der Waals surface area contributed by atoms with E-state index >= 15 is 0 Å². The van der Waals surface area contributed by atoms with Crippen LogP contribution in [0.4, 0.5) is 5.69 Å². The zero-order chi connectivity index (χ0) is 17.8. The third-order valence-corrected chi connectivity index (χ3v) is 5.49. The Labute approximate surface area is 156 Å². The van der Waals surface area contributed by atoms with Crippen molar-refractivity contribution in [3.8, 4) is 0 Å².